The Morgan fingerprint density at radius 2 is 2.00 bits per heavy atom. The molecular weight excluding hydrogens is 488 g/mol. The third kappa shape index (κ3) is 5.74. The second-order valence-corrected chi connectivity index (χ2v) is 8.66. The van der Waals surface area contributed by atoms with Gasteiger partial charge in [-0.25, -0.2) is 4.79 Å². The lowest BCUT2D eigenvalue weighted by atomic mass is 10.0. The Morgan fingerprint density at radius 1 is 1.25 bits per heavy atom. The number of thioether (sulfide) groups is 1. The lowest BCUT2D eigenvalue weighted by Gasteiger charge is -2.18. The fourth-order valence-corrected chi connectivity index (χ4v) is 4.45. The van der Waals surface area contributed by atoms with Gasteiger partial charge in [0, 0.05) is 17.7 Å². The zero-order valence-electron chi connectivity index (χ0n) is 19.9. The lowest BCUT2D eigenvalue weighted by molar-refractivity contribution is -0.384. The van der Waals surface area contributed by atoms with Crippen molar-refractivity contribution in [1.82, 2.24) is 4.90 Å². The van der Waals surface area contributed by atoms with Gasteiger partial charge in [-0.05, 0) is 54.4 Å². The van der Waals surface area contributed by atoms with Gasteiger partial charge in [-0.15, -0.1) is 6.58 Å². The molecule has 2 aromatic rings. The molecule has 0 bridgehead atoms. The molecule has 1 fully saturated rings. The maximum atomic E-state index is 12.8. The van der Waals surface area contributed by atoms with Crippen molar-refractivity contribution in [2.24, 2.45) is 0 Å². The van der Waals surface area contributed by atoms with E-state index < -0.39 is 28.1 Å². The average Bonchev–Trinajstić information content (AvgIpc) is 3.14. The summed E-state index contributed by atoms with van der Waals surface area (Å²) in [5.74, 6) is -0.501. The highest BCUT2D eigenvalue weighted by molar-refractivity contribution is 8.18. The topological polar surface area (TPSA) is 125 Å². The van der Waals surface area contributed by atoms with E-state index >= 15 is 0 Å². The number of carbonyl (C=O) groups excluding carboxylic acids is 3. The van der Waals surface area contributed by atoms with Crippen LogP contribution in [0.3, 0.4) is 0 Å². The minimum absolute atomic E-state index is 0.0415. The monoisotopic (exact) mass is 512 g/mol. The molecule has 11 heteroatoms. The summed E-state index contributed by atoms with van der Waals surface area (Å²) in [6, 6.07) is 8.48. The maximum Gasteiger partial charge on any atom is 0.328 e. The Morgan fingerprint density at radius 3 is 2.64 bits per heavy atom. The Bertz CT molecular complexity index is 1260. The number of hydrogen-bond donors (Lipinski definition) is 0. The number of methoxy groups -OCH3 is 2. The minimum Gasteiger partial charge on any atom is -0.493 e. The Balaban J connectivity index is 1.92. The van der Waals surface area contributed by atoms with Crippen LogP contribution in [0.1, 0.15) is 23.6 Å². The average molecular weight is 513 g/mol. The third-order valence-corrected chi connectivity index (χ3v) is 6.18. The van der Waals surface area contributed by atoms with Gasteiger partial charge >= 0.3 is 5.97 Å². The highest BCUT2D eigenvalue weighted by atomic mass is 32.2. The first-order chi connectivity index (χ1) is 17.2. The van der Waals surface area contributed by atoms with E-state index in [4.69, 9.17) is 9.47 Å². The summed E-state index contributed by atoms with van der Waals surface area (Å²) in [6.07, 6.45) is 3.61. The van der Waals surface area contributed by atoms with Gasteiger partial charge in [0.05, 0.1) is 24.0 Å². The smallest absolute Gasteiger partial charge is 0.328 e. The van der Waals surface area contributed by atoms with E-state index in [0.717, 1.165) is 16.7 Å². The number of imide groups is 1. The summed E-state index contributed by atoms with van der Waals surface area (Å²) in [5.41, 5.74) is 1.83. The van der Waals surface area contributed by atoms with Crippen molar-refractivity contribution in [2.75, 3.05) is 14.2 Å². The molecule has 10 nitrogen and oxygen atoms in total. The van der Waals surface area contributed by atoms with E-state index in [9.17, 15) is 24.5 Å². The van der Waals surface area contributed by atoms with Gasteiger partial charge in [0.15, 0.2) is 11.5 Å². The van der Waals surface area contributed by atoms with Gasteiger partial charge in [0.2, 0.25) is 0 Å². The number of allylic oxidation sites excluding steroid dienone is 1. The number of nitro benzene ring substituents is 1. The van der Waals surface area contributed by atoms with Crippen LogP contribution in [-0.4, -0.2) is 47.2 Å². The van der Waals surface area contributed by atoms with Gasteiger partial charge in [0.25, 0.3) is 16.8 Å². The van der Waals surface area contributed by atoms with Crippen LogP contribution in [0.2, 0.25) is 0 Å². The fourth-order valence-electron chi connectivity index (χ4n) is 3.55. The summed E-state index contributed by atoms with van der Waals surface area (Å²) >= 11 is 0.724. The number of ether oxygens (including phenoxy) is 3. The number of benzene rings is 2. The maximum absolute atomic E-state index is 12.8. The van der Waals surface area contributed by atoms with Crippen LogP contribution in [0.15, 0.2) is 54.0 Å². The van der Waals surface area contributed by atoms with E-state index in [1.54, 1.807) is 30.3 Å². The van der Waals surface area contributed by atoms with Gasteiger partial charge in [-0.3, -0.25) is 24.6 Å². The summed E-state index contributed by atoms with van der Waals surface area (Å²) in [6.45, 7) is 5.25. The van der Waals surface area contributed by atoms with Crippen molar-refractivity contribution in [3.05, 3.63) is 80.8 Å². The van der Waals surface area contributed by atoms with E-state index in [0.29, 0.717) is 34.6 Å². The summed E-state index contributed by atoms with van der Waals surface area (Å²) in [7, 11) is 2.65. The number of hydrogen-bond acceptors (Lipinski definition) is 9. The fraction of sp³-hybridized carbons (Fsp3) is 0.240. The predicted octanol–water partition coefficient (Wildman–Crippen LogP) is 4.51. The van der Waals surface area contributed by atoms with Crippen molar-refractivity contribution in [1.29, 1.82) is 0 Å². The number of amides is 2. The molecule has 1 saturated heterocycles. The molecule has 1 heterocycles. The molecule has 0 spiro atoms. The van der Waals surface area contributed by atoms with E-state index in [1.165, 1.54) is 39.4 Å². The van der Waals surface area contributed by atoms with Gasteiger partial charge < -0.3 is 14.2 Å². The second kappa shape index (κ2) is 11.5. The van der Waals surface area contributed by atoms with Crippen LogP contribution < -0.4 is 9.47 Å². The molecule has 0 aliphatic carbocycles. The number of rotatable bonds is 10. The molecule has 3 rings (SSSR count). The van der Waals surface area contributed by atoms with Crippen LogP contribution in [0.4, 0.5) is 10.5 Å². The van der Waals surface area contributed by atoms with Crippen LogP contribution in [-0.2, 0) is 27.4 Å². The van der Waals surface area contributed by atoms with Crippen molar-refractivity contribution < 1.29 is 33.5 Å². The molecule has 1 atom stereocenters. The molecule has 0 aromatic heterocycles. The molecule has 36 heavy (non-hydrogen) atoms. The number of nitrogens with zero attached hydrogens (tertiary/aromatic N) is 2. The standard InChI is InChI=1S/C25H24N2O8S/c1-5-7-18-10-17(13-21-23(28)26(25(30)36-21)15(2)24(29)34-4)12-20(33-3)22(18)35-14-16-8-6-9-19(11-16)27(31)32/h5-6,8-13,15H,1,7,14H2,2-4H3/b21-13+/t15-/m1/s1. The molecule has 1 aliphatic rings. The van der Waals surface area contributed by atoms with Crippen LogP contribution in [0, 0.1) is 10.1 Å². The first-order valence-electron chi connectivity index (χ1n) is 10.7. The summed E-state index contributed by atoms with van der Waals surface area (Å²) in [4.78, 5) is 48.7. The minimum atomic E-state index is -1.05. The number of carbonyl (C=O) groups is 3. The van der Waals surface area contributed by atoms with E-state index in [-0.39, 0.29) is 17.2 Å². The number of nitro groups is 1. The highest BCUT2D eigenvalue weighted by Crippen LogP contribution is 2.38. The van der Waals surface area contributed by atoms with Crippen molar-refractivity contribution in [2.45, 2.75) is 26.0 Å². The molecule has 0 unspecified atom stereocenters. The zero-order valence-corrected chi connectivity index (χ0v) is 20.7. The molecule has 2 amide bonds. The number of esters is 1. The lowest BCUT2D eigenvalue weighted by Crippen LogP contribution is -2.42. The van der Waals surface area contributed by atoms with Crippen molar-refractivity contribution >= 4 is 40.6 Å². The van der Waals surface area contributed by atoms with E-state index in [1.807, 2.05) is 0 Å². The summed E-state index contributed by atoms with van der Waals surface area (Å²) in [5, 5.41) is 10.5. The first kappa shape index (κ1) is 26.5. The largest absolute Gasteiger partial charge is 0.493 e. The molecule has 1 aliphatic heterocycles. The number of non-ortho nitro benzene ring substituents is 1. The SMILES string of the molecule is C=CCc1cc(/C=C2/SC(=O)N([C@H](C)C(=O)OC)C2=O)cc(OC)c1OCc1cccc([N+](=O)[O-])c1. The van der Waals surface area contributed by atoms with Crippen LogP contribution in [0.25, 0.3) is 6.08 Å². The van der Waals surface area contributed by atoms with Crippen molar-refractivity contribution in [3.63, 3.8) is 0 Å². The Kier molecular flexibility index (Phi) is 8.49. The second-order valence-electron chi connectivity index (χ2n) is 7.67. The van der Waals surface area contributed by atoms with Crippen LogP contribution in [0.5, 0.6) is 11.5 Å². The third-order valence-electron chi connectivity index (χ3n) is 5.29. The normalized spacial score (nSPS) is 15.1. The van der Waals surface area contributed by atoms with Gasteiger partial charge in [-0.1, -0.05) is 18.2 Å². The zero-order chi connectivity index (χ0) is 26.4. The Hall–Kier alpha value is -4.12. The summed E-state index contributed by atoms with van der Waals surface area (Å²) < 4.78 is 16.1. The quantitative estimate of drug-likeness (QED) is 0.149. The molecule has 0 N–H and O–H groups in total. The van der Waals surface area contributed by atoms with Crippen molar-refractivity contribution in [3.8, 4) is 11.5 Å². The highest BCUT2D eigenvalue weighted by Gasteiger charge is 2.41. The predicted molar refractivity (Wildman–Crippen MR) is 134 cm³/mol. The van der Waals surface area contributed by atoms with Gasteiger partial charge in [0.1, 0.15) is 12.6 Å². The Labute approximate surface area is 211 Å². The molecule has 2 aromatic carbocycles. The van der Waals surface area contributed by atoms with Gasteiger partial charge in [-0.2, -0.15) is 0 Å². The molecule has 0 radical (unpaired) electrons. The molecular formula is C25H24N2O8S. The van der Waals surface area contributed by atoms with Crippen LogP contribution >= 0.6 is 11.8 Å². The van der Waals surface area contributed by atoms with E-state index in [2.05, 4.69) is 11.3 Å². The first-order valence-corrected chi connectivity index (χ1v) is 11.5. The molecule has 188 valence electrons. The molecule has 0 saturated carbocycles.